The first-order valence-electron chi connectivity index (χ1n) is 5.22. The molecule has 0 radical (unpaired) electrons. The molecule has 0 saturated heterocycles. The van der Waals surface area contributed by atoms with Crippen LogP contribution in [0.25, 0.3) is 0 Å². The van der Waals surface area contributed by atoms with E-state index in [-0.39, 0.29) is 12.4 Å². The molecule has 0 aliphatic carbocycles. The van der Waals surface area contributed by atoms with Crippen molar-refractivity contribution in [3.8, 4) is 0 Å². The molecule has 104 valence electrons. The first kappa shape index (κ1) is 15.5. The third-order valence-electron chi connectivity index (χ3n) is 2.17. The Hall–Kier alpha value is -1.56. The number of carbonyl (C=O) groups is 1. The van der Waals surface area contributed by atoms with E-state index in [2.05, 4.69) is 5.32 Å². The van der Waals surface area contributed by atoms with Crippen LogP contribution in [0.4, 0.5) is 17.6 Å². The van der Waals surface area contributed by atoms with Gasteiger partial charge in [0.25, 0.3) is 5.91 Å². The molecule has 19 heavy (non-hydrogen) atoms. The molecule has 7 heteroatoms. The summed E-state index contributed by atoms with van der Waals surface area (Å²) in [7, 11) is 0. The third-order valence-corrected chi connectivity index (χ3v) is 2.35. The first-order chi connectivity index (χ1) is 8.86. The van der Waals surface area contributed by atoms with Crippen molar-refractivity contribution in [3.63, 3.8) is 0 Å². The van der Waals surface area contributed by atoms with Gasteiger partial charge in [-0.25, -0.2) is 4.39 Å². The maximum Gasteiger partial charge on any atom is 0.416 e. The van der Waals surface area contributed by atoms with E-state index in [0.29, 0.717) is 18.2 Å². The van der Waals surface area contributed by atoms with Gasteiger partial charge in [-0.15, -0.1) is 11.6 Å². The van der Waals surface area contributed by atoms with Gasteiger partial charge >= 0.3 is 6.18 Å². The van der Waals surface area contributed by atoms with Crippen LogP contribution in [-0.4, -0.2) is 18.3 Å². The van der Waals surface area contributed by atoms with Gasteiger partial charge in [-0.1, -0.05) is 12.2 Å². The summed E-state index contributed by atoms with van der Waals surface area (Å²) >= 11 is 5.35. The van der Waals surface area contributed by atoms with E-state index < -0.39 is 29.0 Å². The molecule has 1 amide bonds. The summed E-state index contributed by atoms with van der Waals surface area (Å²) in [6.45, 7) is 0.0568. The number of nitrogens with one attached hydrogen (secondary N) is 1. The monoisotopic (exact) mass is 295 g/mol. The SMILES string of the molecule is O=C(NC/C=C/CCl)c1cc(C(F)(F)F)ccc1F. The zero-order valence-electron chi connectivity index (χ0n) is 9.60. The van der Waals surface area contributed by atoms with Crippen LogP contribution in [0, 0.1) is 5.82 Å². The Morgan fingerprint density at radius 3 is 2.58 bits per heavy atom. The number of rotatable bonds is 4. The van der Waals surface area contributed by atoms with Crippen LogP contribution in [0.15, 0.2) is 30.4 Å². The average Bonchev–Trinajstić information content (AvgIpc) is 2.33. The van der Waals surface area contributed by atoms with Gasteiger partial charge in [0.15, 0.2) is 0 Å². The number of allylic oxidation sites excluding steroid dienone is 1. The molecule has 0 aromatic heterocycles. The van der Waals surface area contributed by atoms with E-state index in [1.807, 2.05) is 0 Å². The summed E-state index contributed by atoms with van der Waals surface area (Å²) in [6, 6.07) is 1.68. The van der Waals surface area contributed by atoms with E-state index in [1.54, 1.807) is 6.08 Å². The van der Waals surface area contributed by atoms with Gasteiger partial charge < -0.3 is 5.32 Å². The van der Waals surface area contributed by atoms with Crippen LogP contribution in [0.1, 0.15) is 15.9 Å². The number of hydrogen-bond acceptors (Lipinski definition) is 1. The Morgan fingerprint density at radius 2 is 2.00 bits per heavy atom. The Balaban J connectivity index is 2.87. The van der Waals surface area contributed by atoms with Crippen molar-refractivity contribution in [1.29, 1.82) is 0 Å². The minimum absolute atomic E-state index is 0.0568. The molecule has 0 fully saturated rings. The fraction of sp³-hybridized carbons (Fsp3) is 0.250. The lowest BCUT2D eigenvalue weighted by Gasteiger charge is -2.09. The molecule has 0 heterocycles. The van der Waals surface area contributed by atoms with Crippen molar-refractivity contribution >= 4 is 17.5 Å². The van der Waals surface area contributed by atoms with Crippen LogP contribution in [0.3, 0.4) is 0 Å². The zero-order chi connectivity index (χ0) is 14.5. The molecule has 1 rings (SSSR count). The van der Waals surface area contributed by atoms with Gasteiger partial charge in [0.1, 0.15) is 5.82 Å². The van der Waals surface area contributed by atoms with Crippen molar-refractivity contribution in [2.24, 2.45) is 0 Å². The quantitative estimate of drug-likeness (QED) is 0.515. The van der Waals surface area contributed by atoms with Gasteiger partial charge in [-0.2, -0.15) is 13.2 Å². The highest BCUT2D eigenvalue weighted by atomic mass is 35.5. The second-order valence-corrected chi connectivity index (χ2v) is 3.84. The Bertz CT molecular complexity index is 485. The molecule has 0 aliphatic rings. The largest absolute Gasteiger partial charge is 0.416 e. The standard InChI is InChI=1S/C12H10ClF4NO/c13-5-1-2-6-18-11(19)9-7-8(12(15,16)17)3-4-10(9)14/h1-4,7H,5-6H2,(H,18,19)/b2-1+. The maximum absolute atomic E-state index is 13.3. The molecular formula is C12H10ClF4NO. The molecule has 0 atom stereocenters. The predicted molar refractivity (Wildman–Crippen MR) is 63.6 cm³/mol. The van der Waals surface area contributed by atoms with Gasteiger partial charge in [0.05, 0.1) is 11.1 Å². The highest BCUT2D eigenvalue weighted by Crippen LogP contribution is 2.30. The van der Waals surface area contributed by atoms with Crippen molar-refractivity contribution in [2.75, 3.05) is 12.4 Å². The summed E-state index contributed by atoms with van der Waals surface area (Å²) < 4.78 is 50.6. The minimum Gasteiger partial charge on any atom is -0.348 e. The second kappa shape index (κ2) is 6.56. The molecular weight excluding hydrogens is 286 g/mol. The van der Waals surface area contributed by atoms with E-state index in [1.165, 1.54) is 6.08 Å². The lowest BCUT2D eigenvalue weighted by Crippen LogP contribution is -2.25. The highest BCUT2D eigenvalue weighted by Gasteiger charge is 2.31. The third kappa shape index (κ3) is 4.55. The summed E-state index contributed by atoms with van der Waals surface area (Å²) in [6.07, 6.45) is -1.57. The van der Waals surface area contributed by atoms with E-state index in [4.69, 9.17) is 11.6 Å². The zero-order valence-corrected chi connectivity index (χ0v) is 10.4. The van der Waals surface area contributed by atoms with Crippen LogP contribution in [0.5, 0.6) is 0 Å². The van der Waals surface area contributed by atoms with E-state index in [0.717, 1.165) is 0 Å². The Morgan fingerprint density at radius 1 is 1.32 bits per heavy atom. The molecule has 0 aliphatic heterocycles. The summed E-state index contributed by atoms with van der Waals surface area (Å²) in [5.41, 5.74) is -1.72. The van der Waals surface area contributed by atoms with Crippen molar-refractivity contribution < 1.29 is 22.4 Å². The Labute approximate surface area is 112 Å². The van der Waals surface area contributed by atoms with Crippen LogP contribution in [-0.2, 0) is 6.18 Å². The molecule has 0 spiro atoms. The second-order valence-electron chi connectivity index (χ2n) is 3.53. The lowest BCUT2D eigenvalue weighted by atomic mass is 10.1. The Kier molecular flexibility index (Phi) is 5.35. The highest BCUT2D eigenvalue weighted by molar-refractivity contribution is 6.18. The van der Waals surface area contributed by atoms with Gasteiger partial charge in [0, 0.05) is 12.4 Å². The molecule has 1 aromatic carbocycles. The number of carbonyl (C=O) groups excluding carboxylic acids is 1. The number of halogens is 5. The van der Waals surface area contributed by atoms with Gasteiger partial charge in [-0.3, -0.25) is 4.79 Å². The number of hydrogen-bond donors (Lipinski definition) is 1. The fourth-order valence-electron chi connectivity index (χ4n) is 1.27. The lowest BCUT2D eigenvalue weighted by molar-refractivity contribution is -0.137. The number of benzene rings is 1. The normalized spacial score (nSPS) is 11.8. The topological polar surface area (TPSA) is 29.1 Å². The molecule has 0 unspecified atom stereocenters. The maximum atomic E-state index is 13.3. The average molecular weight is 296 g/mol. The summed E-state index contributed by atoms with van der Waals surface area (Å²) in [5, 5.41) is 2.26. The minimum atomic E-state index is -4.62. The van der Waals surface area contributed by atoms with Crippen LogP contribution in [0.2, 0.25) is 0 Å². The van der Waals surface area contributed by atoms with Crippen molar-refractivity contribution in [2.45, 2.75) is 6.18 Å². The summed E-state index contributed by atoms with van der Waals surface area (Å²) in [5.74, 6) is -1.68. The molecule has 0 saturated carbocycles. The van der Waals surface area contributed by atoms with Crippen LogP contribution < -0.4 is 5.32 Å². The number of alkyl halides is 4. The van der Waals surface area contributed by atoms with Gasteiger partial charge in [0.2, 0.25) is 0 Å². The smallest absolute Gasteiger partial charge is 0.348 e. The molecule has 1 aromatic rings. The number of amides is 1. The van der Waals surface area contributed by atoms with Gasteiger partial charge in [-0.05, 0) is 18.2 Å². The predicted octanol–water partition coefficient (Wildman–Crippen LogP) is 3.37. The van der Waals surface area contributed by atoms with E-state index >= 15 is 0 Å². The molecule has 0 bridgehead atoms. The first-order valence-corrected chi connectivity index (χ1v) is 5.75. The molecule has 2 nitrogen and oxygen atoms in total. The summed E-state index contributed by atoms with van der Waals surface area (Å²) in [4.78, 5) is 11.5. The van der Waals surface area contributed by atoms with Crippen LogP contribution >= 0.6 is 11.6 Å². The van der Waals surface area contributed by atoms with Crippen molar-refractivity contribution in [1.82, 2.24) is 5.32 Å². The van der Waals surface area contributed by atoms with Crippen molar-refractivity contribution in [3.05, 3.63) is 47.3 Å². The van der Waals surface area contributed by atoms with E-state index in [9.17, 15) is 22.4 Å². The molecule has 1 N–H and O–H groups in total. The fourth-order valence-corrected chi connectivity index (χ4v) is 1.39.